The average Bonchev–Trinajstić information content (AvgIpc) is 3.30. The Hall–Kier alpha value is -1.59. The molecule has 5 nitrogen and oxygen atoms in total. The van der Waals surface area contributed by atoms with Gasteiger partial charge in [-0.15, -0.1) is 12.4 Å². The first-order valence-corrected chi connectivity index (χ1v) is 7.88. The number of rotatable bonds is 9. The molecule has 1 saturated carbocycles. The quantitative estimate of drug-likeness (QED) is 0.724. The molecule has 0 aliphatic heterocycles. The van der Waals surface area contributed by atoms with E-state index < -0.39 is 5.97 Å². The summed E-state index contributed by atoms with van der Waals surface area (Å²) in [4.78, 5) is 24.8. The zero-order valence-corrected chi connectivity index (χ0v) is 14.2. The Kier molecular flexibility index (Phi) is 8.06. The van der Waals surface area contributed by atoms with E-state index in [4.69, 9.17) is 5.11 Å². The van der Waals surface area contributed by atoms with Crippen LogP contribution in [0, 0.1) is 5.92 Å². The molecular weight excluding hydrogens is 316 g/mol. The average molecular weight is 341 g/mol. The van der Waals surface area contributed by atoms with Crippen LogP contribution in [0.4, 0.5) is 0 Å². The van der Waals surface area contributed by atoms with E-state index in [9.17, 15) is 9.59 Å². The lowest BCUT2D eigenvalue weighted by Gasteiger charge is -2.23. The Morgan fingerprint density at radius 1 is 1.26 bits per heavy atom. The van der Waals surface area contributed by atoms with Crippen molar-refractivity contribution in [2.24, 2.45) is 5.92 Å². The predicted molar refractivity (Wildman–Crippen MR) is 91.7 cm³/mol. The van der Waals surface area contributed by atoms with E-state index in [2.05, 4.69) is 5.32 Å². The van der Waals surface area contributed by atoms with Gasteiger partial charge in [0, 0.05) is 0 Å². The first-order chi connectivity index (χ1) is 10.6. The molecule has 0 spiro atoms. The van der Waals surface area contributed by atoms with Gasteiger partial charge in [-0.1, -0.05) is 37.3 Å². The van der Waals surface area contributed by atoms with E-state index in [-0.39, 0.29) is 37.4 Å². The summed E-state index contributed by atoms with van der Waals surface area (Å²) in [6.07, 6.45) is 3.09. The van der Waals surface area contributed by atoms with Crippen LogP contribution in [0.25, 0.3) is 0 Å². The van der Waals surface area contributed by atoms with Gasteiger partial charge >= 0.3 is 5.97 Å². The number of nitrogens with one attached hydrogen (secondary N) is 1. The van der Waals surface area contributed by atoms with Gasteiger partial charge in [0.1, 0.15) is 0 Å². The fourth-order valence-corrected chi connectivity index (χ4v) is 2.71. The van der Waals surface area contributed by atoms with Crippen LogP contribution in [-0.4, -0.2) is 41.5 Å². The Morgan fingerprint density at radius 3 is 2.43 bits per heavy atom. The van der Waals surface area contributed by atoms with Gasteiger partial charge in [-0.05, 0) is 37.3 Å². The van der Waals surface area contributed by atoms with E-state index in [1.54, 1.807) is 4.90 Å². The van der Waals surface area contributed by atoms with Crippen molar-refractivity contribution >= 4 is 24.3 Å². The minimum Gasteiger partial charge on any atom is -0.480 e. The van der Waals surface area contributed by atoms with Crippen molar-refractivity contribution in [3.8, 4) is 0 Å². The monoisotopic (exact) mass is 340 g/mol. The molecule has 2 rings (SSSR count). The molecular formula is C17H25ClN2O3. The van der Waals surface area contributed by atoms with Crippen LogP contribution in [0.5, 0.6) is 0 Å². The molecule has 1 atom stereocenters. The summed E-state index contributed by atoms with van der Waals surface area (Å²) in [6.45, 7) is 2.62. The van der Waals surface area contributed by atoms with Crippen molar-refractivity contribution < 1.29 is 14.7 Å². The second kappa shape index (κ2) is 9.53. The first kappa shape index (κ1) is 19.5. The van der Waals surface area contributed by atoms with E-state index >= 15 is 0 Å². The molecule has 0 saturated heterocycles. The smallest absolute Gasteiger partial charge is 0.317 e. The minimum absolute atomic E-state index is 0. The van der Waals surface area contributed by atoms with Gasteiger partial charge in [-0.25, -0.2) is 0 Å². The van der Waals surface area contributed by atoms with Crippen LogP contribution in [0.3, 0.4) is 0 Å². The highest BCUT2D eigenvalue weighted by molar-refractivity contribution is 5.85. The van der Waals surface area contributed by atoms with Gasteiger partial charge < -0.3 is 10.4 Å². The van der Waals surface area contributed by atoms with Crippen LogP contribution in [0.15, 0.2) is 30.3 Å². The molecule has 1 unspecified atom stereocenters. The second-order valence-electron chi connectivity index (χ2n) is 5.90. The van der Waals surface area contributed by atoms with Crippen molar-refractivity contribution in [3.05, 3.63) is 35.9 Å². The van der Waals surface area contributed by atoms with Crippen molar-refractivity contribution in [3.63, 3.8) is 0 Å². The molecule has 1 aromatic rings. The topological polar surface area (TPSA) is 69.6 Å². The molecule has 0 radical (unpaired) electrons. The standard InChI is InChI=1S/C17H24N2O3.ClH/c1-2-10-19(12-16(21)22)11-15(20)18-17(14-8-9-14)13-6-4-3-5-7-13;/h3-7,14,17H,2,8-12H2,1H3,(H,18,20)(H,21,22);1H. The Balaban J connectivity index is 0.00000264. The largest absolute Gasteiger partial charge is 0.480 e. The van der Waals surface area contributed by atoms with Gasteiger partial charge in [0.25, 0.3) is 0 Å². The number of benzene rings is 1. The lowest BCUT2D eigenvalue weighted by Crippen LogP contribution is -2.41. The minimum atomic E-state index is -0.900. The molecule has 0 bridgehead atoms. The van der Waals surface area contributed by atoms with Crippen molar-refractivity contribution in [1.29, 1.82) is 0 Å². The third kappa shape index (κ3) is 6.59. The molecule has 0 aromatic heterocycles. The summed E-state index contributed by atoms with van der Waals surface area (Å²) in [7, 11) is 0. The molecule has 0 heterocycles. The predicted octanol–water partition coefficient (Wildman–Crippen LogP) is 2.47. The summed E-state index contributed by atoms with van der Waals surface area (Å²) in [5.41, 5.74) is 1.12. The number of carbonyl (C=O) groups is 2. The third-order valence-electron chi connectivity index (χ3n) is 3.83. The number of carbonyl (C=O) groups excluding carboxylic acids is 1. The van der Waals surface area contributed by atoms with Crippen LogP contribution >= 0.6 is 12.4 Å². The maximum Gasteiger partial charge on any atom is 0.317 e. The molecule has 1 fully saturated rings. The molecule has 1 aliphatic carbocycles. The Labute approximate surface area is 143 Å². The Bertz CT molecular complexity index is 506. The van der Waals surface area contributed by atoms with Crippen molar-refractivity contribution in [1.82, 2.24) is 10.2 Å². The summed E-state index contributed by atoms with van der Waals surface area (Å²) in [6, 6.07) is 10.0. The van der Waals surface area contributed by atoms with Gasteiger partial charge in [-0.3, -0.25) is 14.5 Å². The number of nitrogens with zero attached hydrogens (tertiary/aromatic N) is 1. The molecule has 1 aromatic carbocycles. The zero-order valence-electron chi connectivity index (χ0n) is 13.4. The highest BCUT2D eigenvalue weighted by Gasteiger charge is 2.33. The van der Waals surface area contributed by atoms with Crippen molar-refractivity contribution in [2.75, 3.05) is 19.6 Å². The molecule has 1 aliphatic rings. The molecule has 6 heteroatoms. The van der Waals surface area contributed by atoms with Gasteiger partial charge in [0.05, 0.1) is 19.1 Å². The normalized spacial score (nSPS) is 14.9. The number of carboxylic acid groups (broad SMARTS) is 1. The van der Waals surface area contributed by atoms with Gasteiger partial charge in [-0.2, -0.15) is 0 Å². The van der Waals surface area contributed by atoms with Crippen LogP contribution < -0.4 is 5.32 Å². The summed E-state index contributed by atoms with van der Waals surface area (Å²) >= 11 is 0. The molecule has 2 N–H and O–H groups in total. The number of halogens is 1. The van der Waals surface area contributed by atoms with Gasteiger partial charge in [0.2, 0.25) is 5.91 Å². The fraction of sp³-hybridized carbons (Fsp3) is 0.529. The Morgan fingerprint density at radius 2 is 1.91 bits per heavy atom. The fourth-order valence-electron chi connectivity index (χ4n) is 2.71. The van der Waals surface area contributed by atoms with Gasteiger partial charge in [0.15, 0.2) is 0 Å². The lowest BCUT2D eigenvalue weighted by atomic mass is 10.0. The molecule has 128 valence electrons. The summed E-state index contributed by atoms with van der Waals surface area (Å²) < 4.78 is 0. The van der Waals surface area contributed by atoms with E-state index in [0.717, 1.165) is 24.8 Å². The van der Waals surface area contributed by atoms with E-state index in [0.29, 0.717) is 12.5 Å². The highest BCUT2D eigenvalue weighted by atomic mass is 35.5. The van der Waals surface area contributed by atoms with Crippen LogP contribution in [0.1, 0.15) is 37.8 Å². The lowest BCUT2D eigenvalue weighted by molar-refractivity contribution is -0.138. The van der Waals surface area contributed by atoms with E-state index in [1.807, 2.05) is 37.3 Å². The molecule has 23 heavy (non-hydrogen) atoms. The van der Waals surface area contributed by atoms with Crippen LogP contribution in [-0.2, 0) is 9.59 Å². The number of hydrogen-bond donors (Lipinski definition) is 2. The summed E-state index contributed by atoms with van der Waals surface area (Å²) in [5, 5.41) is 12.0. The van der Waals surface area contributed by atoms with Crippen LogP contribution in [0.2, 0.25) is 0 Å². The maximum atomic E-state index is 12.3. The SMILES string of the molecule is CCCN(CC(=O)O)CC(=O)NC(c1ccccc1)C1CC1.Cl. The molecule has 1 amide bonds. The van der Waals surface area contributed by atoms with Crippen molar-refractivity contribution in [2.45, 2.75) is 32.2 Å². The first-order valence-electron chi connectivity index (χ1n) is 7.88. The highest BCUT2D eigenvalue weighted by Crippen LogP contribution is 2.40. The zero-order chi connectivity index (χ0) is 15.9. The maximum absolute atomic E-state index is 12.3. The van der Waals surface area contributed by atoms with E-state index in [1.165, 1.54) is 0 Å². The third-order valence-corrected chi connectivity index (χ3v) is 3.83. The number of aliphatic carboxylic acids is 1. The summed E-state index contributed by atoms with van der Waals surface area (Å²) in [5.74, 6) is -0.496. The number of amides is 1. The number of hydrogen-bond acceptors (Lipinski definition) is 3. The second-order valence-corrected chi connectivity index (χ2v) is 5.90. The number of carboxylic acids is 1.